The van der Waals surface area contributed by atoms with Gasteiger partial charge >= 0.3 is 0 Å². The van der Waals surface area contributed by atoms with E-state index in [1.807, 2.05) is 0 Å². The Bertz CT molecular complexity index is 603. The number of benzene rings is 2. The molecular weight excluding hydrogens is 266 g/mol. The normalized spacial score (nSPS) is 20.6. The SMILES string of the molecule is CCCNC1CCc2cc(C)ccc2C1Cc1ccccc1. The fraction of sp³-hybridized carbons (Fsp3) is 0.429. The van der Waals surface area contributed by atoms with Gasteiger partial charge in [0.15, 0.2) is 0 Å². The molecule has 2 atom stereocenters. The van der Waals surface area contributed by atoms with E-state index in [0.29, 0.717) is 12.0 Å². The third-order valence-corrected chi connectivity index (χ3v) is 4.86. The van der Waals surface area contributed by atoms with E-state index in [2.05, 4.69) is 67.7 Å². The Kier molecular flexibility index (Phi) is 4.94. The Labute approximate surface area is 134 Å². The summed E-state index contributed by atoms with van der Waals surface area (Å²) in [6.07, 6.45) is 4.81. The van der Waals surface area contributed by atoms with Crippen molar-refractivity contribution in [1.29, 1.82) is 0 Å². The zero-order valence-electron chi connectivity index (χ0n) is 13.8. The van der Waals surface area contributed by atoms with Gasteiger partial charge in [0, 0.05) is 12.0 Å². The molecule has 1 aliphatic rings. The number of hydrogen-bond acceptors (Lipinski definition) is 1. The molecule has 1 nitrogen and oxygen atoms in total. The average Bonchev–Trinajstić information content (AvgIpc) is 2.55. The van der Waals surface area contributed by atoms with Crippen LogP contribution in [0.3, 0.4) is 0 Å². The first-order valence-electron chi connectivity index (χ1n) is 8.64. The first-order chi connectivity index (χ1) is 10.8. The van der Waals surface area contributed by atoms with Crippen LogP contribution in [0.5, 0.6) is 0 Å². The maximum absolute atomic E-state index is 3.80. The molecule has 0 spiro atoms. The molecule has 0 fully saturated rings. The van der Waals surface area contributed by atoms with E-state index in [1.165, 1.54) is 30.4 Å². The summed E-state index contributed by atoms with van der Waals surface area (Å²) in [5.41, 5.74) is 5.96. The van der Waals surface area contributed by atoms with E-state index in [-0.39, 0.29) is 0 Å². The van der Waals surface area contributed by atoms with Crippen molar-refractivity contribution in [2.45, 2.75) is 51.5 Å². The highest BCUT2D eigenvalue weighted by molar-refractivity contribution is 5.38. The quantitative estimate of drug-likeness (QED) is 0.847. The van der Waals surface area contributed by atoms with Gasteiger partial charge in [0.2, 0.25) is 0 Å². The van der Waals surface area contributed by atoms with Crippen molar-refractivity contribution in [2.24, 2.45) is 0 Å². The molecule has 2 unspecified atom stereocenters. The molecule has 22 heavy (non-hydrogen) atoms. The van der Waals surface area contributed by atoms with Gasteiger partial charge in [-0.25, -0.2) is 0 Å². The Hall–Kier alpha value is -1.60. The molecule has 116 valence electrons. The molecule has 1 heteroatoms. The molecule has 1 N–H and O–H groups in total. The molecule has 2 aromatic rings. The van der Waals surface area contributed by atoms with E-state index < -0.39 is 0 Å². The number of hydrogen-bond donors (Lipinski definition) is 1. The summed E-state index contributed by atoms with van der Waals surface area (Å²) in [5.74, 6) is 0.596. The predicted octanol–water partition coefficient (Wildman–Crippen LogP) is 4.64. The van der Waals surface area contributed by atoms with Crippen molar-refractivity contribution in [2.75, 3.05) is 6.54 Å². The zero-order valence-corrected chi connectivity index (χ0v) is 13.8. The summed E-state index contributed by atoms with van der Waals surface area (Å²) in [6.45, 7) is 5.57. The molecule has 0 amide bonds. The van der Waals surface area contributed by atoms with Crippen molar-refractivity contribution < 1.29 is 0 Å². The van der Waals surface area contributed by atoms with Crippen molar-refractivity contribution in [3.63, 3.8) is 0 Å². The van der Waals surface area contributed by atoms with Crippen molar-refractivity contribution in [3.8, 4) is 0 Å². The van der Waals surface area contributed by atoms with Crippen molar-refractivity contribution in [1.82, 2.24) is 5.32 Å². The first-order valence-corrected chi connectivity index (χ1v) is 8.64. The first kappa shape index (κ1) is 15.3. The van der Waals surface area contributed by atoms with Crippen LogP contribution in [0.15, 0.2) is 48.5 Å². The standard InChI is InChI=1S/C21H27N/c1-3-13-22-21-12-10-18-14-16(2)9-11-19(18)20(21)15-17-7-5-4-6-8-17/h4-9,11,14,20-22H,3,10,12-13,15H2,1-2H3. The summed E-state index contributed by atoms with van der Waals surface area (Å²) >= 11 is 0. The Morgan fingerprint density at radius 1 is 1.09 bits per heavy atom. The second-order valence-corrected chi connectivity index (χ2v) is 6.60. The molecule has 0 aromatic heterocycles. The summed E-state index contributed by atoms with van der Waals surface area (Å²) in [5, 5.41) is 3.80. The van der Waals surface area contributed by atoms with E-state index in [0.717, 1.165) is 13.0 Å². The topological polar surface area (TPSA) is 12.0 Å². The molecule has 1 aliphatic carbocycles. The summed E-state index contributed by atoms with van der Waals surface area (Å²) in [7, 11) is 0. The van der Waals surface area contributed by atoms with Gasteiger partial charge in [-0.05, 0) is 55.8 Å². The molecule has 0 bridgehead atoms. The summed E-state index contributed by atoms with van der Waals surface area (Å²) < 4.78 is 0. The van der Waals surface area contributed by atoms with Gasteiger partial charge in [-0.3, -0.25) is 0 Å². The van der Waals surface area contributed by atoms with E-state index in [1.54, 1.807) is 11.1 Å². The van der Waals surface area contributed by atoms with Crippen molar-refractivity contribution in [3.05, 3.63) is 70.8 Å². The predicted molar refractivity (Wildman–Crippen MR) is 94.5 cm³/mol. The maximum Gasteiger partial charge on any atom is 0.0142 e. The van der Waals surface area contributed by atoms with Gasteiger partial charge in [-0.15, -0.1) is 0 Å². The van der Waals surface area contributed by atoms with Crippen molar-refractivity contribution >= 4 is 0 Å². The highest BCUT2D eigenvalue weighted by Gasteiger charge is 2.29. The zero-order chi connectivity index (χ0) is 15.4. The van der Waals surface area contributed by atoms with Crippen LogP contribution < -0.4 is 5.32 Å². The van der Waals surface area contributed by atoms with Crippen LogP contribution in [0.25, 0.3) is 0 Å². The number of aryl methyl sites for hydroxylation is 2. The van der Waals surface area contributed by atoms with Gasteiger partial charge in [0.1, 0.15) is 0 Å². The van der Waals surface area contributed by atoms with Crippen LogP contribution >= 0.6 is 0 Å². The third-order valence-electron chi connectivity index (χ3n) is 4.86. The lowest BCUT2D eigenvalue weighted by Gasteiger charge is -2.35. The smallest absolute Gasteiger partial charge is 0.0142 e. The third kappa shape index (κ3) is 3.41. The van der Waals surface area contributed by atoms with Crippen LogP contribution in [0.2, 0.25) is 0 Å². The molecule has 0 saturated heterocycles. The maximum atomic E-state index is 3.80. The van der Waals surface area contributed by atoms with Crippen LogP contribution in [-0.4, -0.2) is 12.6 Å². The van der Waals surface area contributed by atoms with Gasteiger partial charge in [0.25, 0.3) is 0 Å². The number of fused-ring (bicyclic) bond motifs is 1. The minimum absolute atomic E-state index is 0.596. The molecule has 0 radical (unpaired) electrons. The molecular formula is C21H27N. The molecule has 0 aliphatic heterocycles. The lowest BCUT2D eigenvalue weighted by atomic mass is 9.76. The van der Waals surface area contributed by atoms with Gasteiger partial charge in [-0.1, -0.05) is 61.0 Å². The fourth-order valence-electron chi connectivity index (χ4n) is 3.74. The Morgan fingerprint density at radius 2 is 1.91 bits per heavy atom. The van der Waals surface area contributed by atoms with E-state index in [4.69, 9.17) is 0 Å². The monoisotopic (exact) mass is 293 g/mol. The van der Waals surface area contributed by atoms with Crippen LogP contribution in [0.4, 0.5) is 0 Å². The molecule has 0 heterocycles. The van der Waals surface area contributed by atoms with Gasteiger partial charge in [0.05, 0.1) is 0 Å². The second kappa shape index (κ2) is 7.11. The Morgan fingerprint density at radius 3 is 2.68 bits per heavy atom. The average molecular weight is 293 g/mol. The Balaban J connectivity index is 1.89. The number of nitrogens with one attached hydrogen (secondary N) is 1. The van der Waals surface area contributed by atoms with Gasteiger partial charge in [-0.2, -0.15) is 0 Å². The van der Waals surface area contributed by atoms with E-state index in [9.17, 15) is 0 Å². The number of rotatable bonds is 5. The second-order valence-electron chi connectivity index (χ2n) is 6.60. The summed E-state index contributed by atoms with van der Waals surface area (Å²) in [4.78, 5) is 0. The van der Waals surface area contributed by atoms with Crippen LogP contribution in [-0.2, 0) is 12.8 Å². The molecule has 3 rings (SSSR count). The highest BCUT2D eigenvalue weighted by Crippen LogP contribution is 2.35. The van der Waals surface area contributed by atoms with Gasteiger partial charge < -0.3 is 5.32 Å². The minimum Gasteiger partial charge on any atom is -0.313 e. The minimum atomic E-state index is 0.596. The molecule has 0 saturated carbocycles. The lowest BCUT2D eigenvalue weighted by molar-refractivity contribution is 0.385. The molecule has 2 aromatic carbocycles. The largest absolute Gasteiger partial charge is 0.313 e. The van der Waals surface area contributed by atoms with Crippen LogP contribution in [0, 0.1) is 6.92 Å². The fourth-order valence-corrected chi connectivity index (χ4v) is 3.74. The lowest BCUT2D eigenvalue weighted by Crippen LogP contribution is -2.39. The van der Waals surface area contributed by atoms with E-state index >= 15 is 0 Å². The summed E-state index contributed by atoms with van der Waals surface area (Å²) in [6, 6.07) is 18.6. The highest BCUT2D eigenvalue weighted by atomic mass is 14.9. The van der Waals surface area contributed by atoms with Crippen LogP contribution in [0.1, 0.15) is 47.9 Å².